The first kappa shape index (κ1) is 15.2. The van der Waals surface area contributed by atoms with Crippen LogP contribution in [0.1, 0.15) is 12.0 Å². The minimum Gasteiger partial charge on any atom is -0.494 e. The number of hydrogen-bond donors (Lipinski definition) is 1. The summed E-state index contributed by atoms with van der Waals surface area (Å²) in [6, 6.07) is 5.15. The summed E-state index contributed by atoms with van der Waals surface area (Å²) in [7, 11) is 1.48. The predicted molar refractivity (Wildman–Crippen MR) is 76.4 cm³/mol. The van der Waals surface area contributed by atoms with Crippen molar-refractivity contribution in [2.75, 3.05) is 46.4 Å². The monoisotopic (exact) mass is 282 g/mol. The normalized spacial score (nSPS) is 17.4. The van der Waals surface area contributed by atoms with Crippen LogP contribution in [0.25, 0.3) is 0 Å². The van der Waals surface area contributed by atoms with Gasteiger partial charge in [-0.05, 0) is 24.1 Å². The first-order valence-electron chi connectivity index (χ1n) is 7.11. The Labute approximate surface area is 119 Å². The van der Waals surface area contributed by atoms with Crippen molar-refractivity contribution in [3.63, 3.8) is 0 Å². The van der Waals surface area contributed by atoms with Crippen LogP contribution in [0, 0.1) is 5.82 Å². The van der Waals surface area contributed by atoms with E-state index in [-0.39, 0.29) is 12.4 Å². The lowest BCUT2D eigenvalue weighted by Crippen LogP contribution is -2.46. The van der Waals surface area contributed by atoms with Crippen LogP contribution in [0.2, 0.25) is 0 Å². The van der Waals surface area contributed by atoms with E-state index in [2.05, 4.69) is 9.80 Å². The van der Waals surface area contributed by atoms with E-state index in [1.807, 2.05) is 6.07 Å². The minimum absolute atomic E-state index is 0.255. The van der Waals surface area contributed by atoms with Crippen molar-refractivity contribution in [2.24, 2.45) is 0 Å². The number of nitrogens with zero attached hydrogens (tertiary/aromatic N) is 2. The average molecular weight is 282 g/mol. The van der Waals surface area contributed by atoms with Crippen molar-refractivity contribution in [2.45, 2.75) is 13.0 Å². The van der Waals surface area contributed by atoms with Crippen molar-refractivity contribution in [1.29, 1.82) is 0 Å². The quantitative estimate of drug-likeness (QED) is 0.854. The fourth-order valence-electron chi connectivity index (χ4n) is 2.53. The van der Waals surface area contributed by atoms with E-state index >= 15 is 0 Å². The molecule has 1 N–H and O–H groups in total. The minimum atomic E-state index is -0.299. The van der Waals surface area contributed by atoms with E-state index in [9.17, 15) is 4.39 Å². The molecular formula is C15H23FN2O2. The number of methoxy groups -OCH3 is 1. The van der Waals surface area contributed by atoms with E-state index < -0.39 is 0 Å². The largest absolute Gasteiger partial charge is 0.494 e. The van der Waals surface area contributed by atoms with E-state index in [4.69, 9.17) is 9.84 Å². The maximum Gasteiger partial charge on any atom is 0.165 e. The van der Waals surface area contributed by atoms with Gasteiger partial charge in [0.1, 0.15) is 0 Å². The summed E-state index contributed by atoms with van der Waals surface area (Å²) >= 11 is 0. The van der Waals surface area contributed by atoms with Gasteiger partial charge in [-0.1, -0.05) is 6.07 Å². The van der Waals surface area contributed by atoms with Crippen molar-refractivity contribution >= 4 is 0 Å². The number of ether oxygens (including phenoxy) is 1. The molecule has 1 heterocycles. The van der Waals surface area contributed by atoms with Gasteiger partial charge in [0.15, 0.2) is 11.6 Å². The number of rotatable bonds is 6. The molecule has 1 fully saturated rings. The highest BCUT2D eigenvalue weighted by molar-refractivity contribution is 5.29. The molecule has 1 aliphatic heterocycles. The van der Waals surface area contributed by atoms with Crippen LogP contribution >= 0.6 is 0 Å². The standard InChI is InChI=1S/C15H23FN2O2/c1-20-15-4-3-13(11-14(15)16)12-18-8-6-17(7-9-18)5-2-10-19/h3-4,11,19H,2,5-10,12H2,1H3. The Kier molecular flexibility index (Phi) is 5.76. The van der Waals surface area contributed by atoms with Crippen LogP contribution < -0.4 is 4.74 Å². The van der Waals surface area contributed by atoms with Gasteiger partial charge in [-0.15, -0.1) is 0 Å². The second-order valence-electron chi connectivity index (χ2n) is 5.16. The SMILES string of the molecule is COc1ccc(CN2CCN(CCCO)CC2)cc1F. The van der Waals surface area contributed by atoms with Gasteiger partial charge in [0, 0.05) is 45.9 Å². The average Bonchev–Trinajstić information content (AvgIpc) is 2.47. The van der Waals surface area contributed by atoms with Crippen LogP contribution in [0.3, 0.4) is 0 Å². The Bertz CT molecular complexity index is 420. The molecule has 0 spiro atoms. The van der Waals surface area contributed by atoms with Gasteiger partial charge in [0.2, 0.25) is 0 Å². The van der Waals surface area contributed by atoms with E-state index in [1.165, 1.54) is 7.11 Å². The van der Waals surface area contributed by atoms with Gasteiger partial charge < -0.3 is 14.7 Å². The van der Waals surface area contributed by atoms with Crippen molar-refractivity contribution in [3.05, 3.63) is 29.6 Å². The van der Waals surface area contributed by atoms with Gasteiger partial charge in [-0.3, -0.25) is 4.90 Å². The molecule has 0 saturated carbocycles. The Morgan fingerprint density at radius 2 is 1.90 bits per heavy atom. The molecule has 0 bridgehead atoms. The maximum absolute atomic E-state index is 13.6. The third-order valence-electron chi connectivity index (χ3n) is 3.72. The van der Waals surface area contributed by atoms with Gasteiger partial charge in [0.25, 0.3) is 0 Å². The molecule has 5 heteroatoms. The first-order chi connectivity index (χ1) is 9.72. The second kappa shape index (κ2) is 7.57. The van der Waals surface area contributed by atoms with Gasteiger partial charge in [0.05, 0.1) is 7.11 Å². The number of aliphatic hydroxyl groups excluding tert-OH is 1. The Hall–Kier alpha value is -1.17. The molecule has 0 unspecified atom stereocenters. The molecule has 1 aromatic rings. The lowest BCUT2D eigenvalue weighted by Gasteiger charge is -2.34. The molecule has 0 amide bonds. The summed E-state index contributed by atoms with van der Waals surface area (Å²) in [4.78, 5) is 4.69. The first-order valence-corrected chi connectivity index (χ1v) is 7.11. The van der Waals surface area contributed by atoms with Crippen LogP contribution in [-0.4, -0.2) is 61.3 Å². The Morgan fingerprint density at radius 3 is 2.50 bits per heavy atom. The second-order valence-corrected chi connectivity index (χ2v) is 5.16. The van der Waals surface area contributed by atoms with E-state index in [1.54, 1.807) is 12.1 Å². The molecule has 0 radical (unpaired) electrons. The molecule has 20 heavy (non-hydrogen) atoms. The highest BCUT2D eigenvalue weighted by Gasteiger charge is 2.16. The van der Waals surface area contributed by atoms with Crippen molar-refractivity contribution < 1.29 is 14.2 Å². The molecule has 0 aliphatic carbocycles. The predicted octanol–water partition coefficient (Wildman–Crippen LogP) is 1.33. The van der Waals surface area contributed by atoms with Gasteiger partial charge >= 0.3 is 0 Å². The summed E-state index contributed by atoms with van der Waals surface area (Å²) in [5.41, 5.74) is 0.979. The zero-order valence-corrected chi connectivity index (χ0v) is 12.0. The van der Waals surface area contributed by atoms with Gasteiger partial charge in [-0.2, -0.15) is 0 Å². The van der Waals surface area contributed by atoms with Crippen molar-refractivity contribution in [1.82, 2.24) is 9.80 Å². The molecule has 4 nitrogen and oxygen atoms in total. The zero-order valence-electron chi connectivity index (χ0n) is 12.0. The molecule has 1 saturated heterocycles. The highest BCUT2D eigenvalue weighted by atomic mass is 19.1. The number of hydrogen-bond acceptors (Lipinski definition) is 4. The zero-order chi connectivity index (χ0) is 14.4. The third kappa shape index (κ3) is 4.16. The summed E-state index contributed by atoms with van der Waals surface area (Å²) < 4.78 is 18.6. The van der Waals surface area contributed by atoms with Gasteiger partial charge in [-0.25, -0.2) is 4.39 Å². The smallest absolute Gasteiger partial charge is 0.165 e. The fraction of sp³-hybridized carbons (Fsp3) is 0.600. The lowest BCUT2D eigenvalue weighted by molar-refractivity contribution is 0.119. The van der Waals surface area contributed by atoms with Crippen LogP contribution in [0.4, 0.5) is 4.39 Å². The van der Waals surface area contributed by atoms with E-state index in [0.29, 0.717) is 5.75 Å². The molecule has 2 rings (SSSR count). The summed E-state index contributed by atoms with van der Waals surface area (Å²) in [6.07, 6.45) is 0.837. The molecule has 0 atom stereocenters. The highest BCUT2D eigenvalue weighted by Crippen LogP contribution is 2.19. The molecule has 0 aromatic heterocycles. The number of aliphatic hydroxyl groups is 1. The lowest BCUT2D eigenvalue weighted by atomic mass is 10.2. The number of halogens is 1. The number of benzene rings is 1. The maximum atomic E-state index is 13.6. The molecule has 1 aromatic carbocycles. The number of piperazine rings is 1. The third-order valence-corrected chi connectivity index (χ3v) is 3.72. The van der Waals surface area contributed by atoms with Crippen molar-refractivity contribution in [3.8, 4) is 5.75 Å². The van der Waals surface area contributed by atoms with Crippen LogP contribution in [-0.2, 0) is 6.54 Å². The Balaban J connectivity index is 1.82. The van der Waals surface area contributed by atoms with Crippen LogP contribution in [0.5, 0.6) is 5.75 Å². The fourth-order valence-corrected chi connectivity index (χ4v) is 2.53. The topological polar surface area (TPSA) is 35.9 Å². The molecule has 112 valence electrons. The summed E-state index contributed by atoms with van der Waals surface area (Å²) in [5.74, 6) is -0.00541. The summed E-state index contributed by atoms with van der Waals surface area (Å²) in [6.45, 7) is 5.98. The molecular weight excluding hydrogens is 259 g/mol. The Morgan fingerprint density at radius 1 is 1.20 bits per heavy atom. The van der Waals surface area contributed by atoms with Crippen LogP contribution in [0.15, 0.2) is 18.2 Å². The van der Waals surface area contributed by atoms with E-state index in [0.717, 1.165) is 51.3 Å². The molecule has 1 aliphatic rings. The summed E-state index contributed by atoms with van der Waals surface area (Å²) in [5, 5.41) is 8.83.